The van der Waals surface area contributed by atoms with Gasteiger partial charge in [0.05, 0.1) is 30.2 Å². The van der Waals surface area contributed by atoms with E-state index < -0.39 is 11.9 Å². The quantitative estimate of drug-likeness (QED) is 0.211. The van der Waals surface area contributed by atoms with Gasteiger partial charge in [-0.15, -0.1) is 0 Å². The Hall–Kier alpha value is -6.46. The maximum Gasteiger partial charge on any atom is 0.346 e. The number of pyridine rings is 1. The van der Waals surface area contributed by atoms with Gasteiger partial charge in [-0.25, -0.2) is 9.50 Å². The van der Waals surface area contributed by atoms with Crippen LogP contribution in [0.1, 0.15) is 50.8 Å². The first-order valence-corrected chi connectivity index (χ1v) is 13.9. The molecule has 0 spiro atoms. The molecule has 1 atom stereocenters. The summed E-state index contributed by atoms with van der Waals surface area (Å²) >= 11 is 0. The summed E-state index contributed by atoms with van der Waals surface area (Å²) in [6.07, 6.45) is 3.33. The van der Waals surface area contributed by atoms with Crippen LogP contribution in [-0.4, -0.2) is 37.5 Å². The molecule has 0 saturated heterocycles. The van der Waals surface area contributed by atoms with Gasteiger partial charge in [-0.2, -0.15) is 9.94 Å². The van der Waals surface area contributed by atoms with Crippen LogP contribution >= 0.6 is 0 Å². The minimum atomic E-state index is -0.581. The fraction of sp³-hybridized carbons (Fsp3) is 0.118. The predicted molar refractivity (Wildman–Crippen MR) is 167 cm³/mol. The molecule has 0 saturated carbocycles. The van der Waals surface area contributed by atoms with Crippen molar-refractivity contribution >= 4 is 34.1 Å². The zero-order valence-corrected chi connectivity index (χ0v) is 24.2. The zero-order chi connectivity index (χ0) is 31.5. The smallest absolute Gasteiger partial charge is 0.346 e. The maximum absolute atomic E-state index is 14.2. The normalized spacial score (nSPS) is 11.4. The lowest BCUT2D eigenvalue weighted by Crippen LogP contribution is -2.32. The Labute approximate surface area is 257 Å². The molecule has 6 rings (SSSR count). The van der Waals surface area contributed by atoms with Crippen molar-refractivity contribution in [3.05, 3.63) is 135 Å². The number of amides is 2. The van der Waals surface area contributed by atoms with Crippen molar-refractivity contribution in [2.45, 2.75) is 19.9 Å². The number of para-hydroxylation sites is 1. The first-order chi connectivity index (χ1) is 21.9. The number of aromatic nitrogens is 4. The van der Waals surface area contributed by atoms with Gasteiger partial charge in [0, 0.05) is 29.3 Å². The highest BCUT2D eigenvalue weighted by Crippen LogP contribution is 2.24. The largest absolute Gasteiger partial charge is 0.475 e. The van der Waals surface area contributed by atoms with Crippen molar-refractivity contribution in [1.29, 1.82) is 0 Å². The van der Waals surface area contributed by atoms with Crippen molar-refractivity contribution in [3.8, 4) is 17.5 Å². The molecule has 0 radical (unpaired) electrons. The first kappa shape index (κ1) is 28.6. The highest BCUT2D eigenvalue weighted by Gasteiger charge is 2.23. The number of furan rings is 1. The van der Waals surface area contributed by atoms with E-state index in [4.69, 9.17) is 11.0 Å². The summed E-state index contributed by atoms with van der Waals surface area (Å²) in [5.41, 5.74) is 2.72. The fourth-order valence-corrected chi connectivity index (χ4v) is 5.11. The first-order valence-electron chi connectivity index (χ1n) is 13.9. The van der Waals surface area contributed by atoms with Crippen LogP contribution in [0.4, 0.5) is 5.88 Å². The second kappa shape index (κ2) is 12.0. The molecule has 2 amide bonds. The van der Waals surface area contributed by atoms with Crippen LogP contribution in [0.5, 0.6) is 0 Å². The third-order valence-electron chi connectivity index (χ3n) is 7.16. The number of benzene rings is 2. The number of nitrogens with one attached hydrogen (secondary N) is 2. The van der Waals surface area contributed by atoms with E-state index in [-0.39, 0.29) is 29.7 Å². The Balaban J connectivity index is 1.35. The number of carbonyl (C=O) groups excluding carboxylic acids is 2. The number of carbonyl (C=O) groups is 2. The molecule has 11 nitrogen and oxygen atoms in total. The van der Waals surface area contributed by atoms with E-state index in [9.17, 15) is 14.4 Å². The Morgan fingerprint density at radius 3 is 2.67 bits per heavy atom. The van der Waals surface area contributed by atoms with Crippen molar-refractivity contribution in [1.82, 2.24) is 29.8 Å². The molecule has 2 aromatic carbocycles. The molecule has 11 heteroatoms. The lowest BCUT2D eigenvalue weighted by molar-refractivity contribution is 0.0927. The fourth-order valence-electron chi connectivity index (χ4n) is 5.11. The molecule has 0 fully saturated rings. The molecule has 0 aliphatic heterocycles. The van der Waals surface area contributed by atoms with Gasteiger partial charge in [0.1, 0.15) is 5.56 Å². The molecular weight excluding hydrogens is 570 g/mol. The van der Waals surface area contributed by atoms with Gasteiger partial charge in [0.15, 0.2) is 11.4 Å². The minimum absolute atomic E-state index is 0.00484. The summed E-state index contributed by atoms with van der Waals surface area (Å²) in [5.74, 6) is 5.08. The molecule has 0 aliphatic rings. The molecule has 45 heavy (non-hydrogen) atoms. The highest BCUT2D eigenvalue weighted by atomic mass is 16.4. The Morgan fingerprint density at radius 2 is 1.89 bits per heavy atom. The second-order valence-electron chi connectivity index (χ2n) is 10.1. The van der Waals surface area contributed by atoms with Gasteiger partial charge in [0.2, 0.25) is 0 Å². The van der Waals surface area contributed by atoms with E-state index >= 15 is 0 Å². The van der Waals surface area contributed by atoms with E-state index in [2.05, 4.69) is 37.4 Å². The van der Waals surface area contributed by atoms with Crippen molar-refractivity contribution < 1.29 is 14.0 Å². The Kier molecular flexibility index (Phi) is 7.66. The van der Waals surface area contributed by atoms with Crippen LogP contribution in [0.25, 0.3) is 27.0 Å². The average Bonchev–Trinajstić information content (AvgIpc) is 3.67. The minimum Gasteiger partial charge on any atom is -0.475 e. The van der Waals surface area contributed by atoms with Crippen LogP contribution in [0, 0.1) is 25.3 Å². The zero-order valence-electron chi connectivity index (χ0n) is 24.2. The van der Waals surface area contributed by atoms with Gasteiger partial charge in [-0.1, -0.05) is 42.2 Å². The molecule has 0 unspecified atom stereocenters. The molecule has 220 valence electrons. The summed E-state index contributed by atoms with van der Waals surface area (Å²) in [5, 5.41) is 11.1. The van der Waals surface area contributed by atoms with Crippen LogP contribution in [0.2, 0.25) is 0 Å². The SMILES string of the molecule is [C-]#[N+]c1ccc(C(=O)NCC#Cc2cccc3cc([C@H](C)NC(=O)c4c(C)nn5cccnc45)n(-c4ccccc4)c(=O)c23)o1. The number of rotatable bonds is 6. The number of hydrogen-bond acceptors (Lipinski definition) is 6. The highest BCUT2D eigenvalue weighted by molar-refractivity contribution is 6.01. The average molecular weight is 596 g/mol. The topological polar surface area (TPSA) is 128 Å². The third kappa shape index (κ3) is 5.54. The molecule has 0 aliphatic carbocycles. The number of fused-ring (bicyclic) bond motifs is 2. The monoisotopic (exact) mass is 595 g/mol. The molecule has 2 N–H and O–H groups in total. The van der Waals surface area contributed by atoms with Gasteiger partial charge < -0.3 is 15.1 Å². The van der Waals surface area contributed by atoms with Crippen LogP contribution in [-0.2, 0) is 0 Å². The summed E-state index contributed by atoms with van der Waals surface area (Å²) in [6.45, 7) is 10.5. The van der Waals surface area contributed by atoms with Gasteiger partial charge in [-0.3, -0.25) is 19.0 Å². The summed E-state index contributed by atoms with van der Waals surface area (Å²) in [7, 11) is 0. The third-order valence-corrected chi connectivity index (χ3v) is 7.16. The van der Waals surface area contributed by atoms with E-state index in [1.54, 1.807) is 46.6 Å². The van der Waals surface area contributed by atoms with Gasteiger partial charge in [0.25, 0.3) is 17.4 Å². The Bertz CT molecular complexity index is 2260. The summed E-state index contributed by atoms with van der Waals surface area (Å²) in [4.78, 5) is 47.5. The number of hydrogen-bond donors (Lipinski definition) is 2. The summed E-state index contributed by atoms with van der Waals surface area (Å²) < 4.78 is 8.28. The molecule has 6 aromatic rings. The van der Waals surface area contributed by atoms with Gasteiger partial charge in [-0.05, 0) is 61.7 Å². The van der Waals surface area contributed by atoms with E-state index in [1.165, 1.54) is 12.1 Å². The van der Waals surface area contributed by atoms with Crippen molar-refractivity contribution in [2.75, 3.05) is 6.54 Å². The predicted octanol–water partition coefficient (Wildman–Crippen LogP) is 4.76. The van der Waals surface area contributed by atoms with Gasteiger partial charge >= 0.3 is 5.88 Å². The van der Waals surface area contributed by atoms with Crippen LogP contribution < -0.4 is 16.2 Å². The number of nitrogens with zero attached hydrogens (tertiary/aromatic N) is 5. The van der Waals surface area contributed by atoms with Crippen molar-refractivity contribution in [3.63, 3.8) is 0 Å². The van der Waals surface area contributed by atoms with E-state index in [0.29, 0.717) is 44.6 Å². The number of aryl methyl sites for hydroxylation is 1. The molecule has 0 bridgehead atoms. The van der Waals surface area contributed by atoms with Crippen molar-refractivity contribution in [2.24, 2.45) is 0 Å². The van der Waals surface area contributed by atoms with Crippen LogP contribution in [0.3, 0.4) is 0 Å². The second-order valence-corrected chi connectivity index (χ2v) is 10.1. The molecule has 4 heterocycles. The van der Waals surface area contributed by atoms with E-state index in [1.807, 2.05) is 49.4 Å². The lowest BCUT2D eigenvalue weighted by Gasteiger charge is -2.21. The van der Waals surface area contributed by atoms with E-state index in [0.717, 1.165) is 0 Å². The molecular formula is C34H25N7O4. The maximum atomic E-state index is 14.2. The standard InChI is InChI=1S/C34H25N7O4/c1-21(38-33(43)29-22(2)39-40-19-9-18-36-31(29)40)26-20-24-11-7-10-23(30(24)34(44)41(26)25-13-5-4-6-14-25)12-8-17-37-32(42)27-15-16-28(35-3)45-27/h4-7,9-11,13-16,18-21H,17H2,1-2H3,(H,37,42)(H,38,43)/t21-/m0/s1. The molecule has 4 aromatic heterocycles. The Morgan fingerprint density at radius 1 is 1.07 bits per heavy atom. The van der Waals surface area contributed by atoms with Crippen LogP contribution in [0.15, 0.2) is 94.4 Å². The summed E-state index contributed by atoms with van der Waals surface area (Å²) in [6, 6.07) is 20.4. The lowest BCUT2D eigenvalue weighted by atomic mass is 10.0.